The van der Waals surface area contributed by atoms with Crippen LogP contribution in [-0.4, -0.2) is 68.5 Å². The normalized spacial score (nSPS) is 25.9. The van der Waals surface area contributed by atoms with Crippen LogP contribution in [0.4, 0.5) is 26.3 Å². The topological polar surface area (TPSA) is 67.3 Å². The molecule has 0 aliphatic carbocycles. The van der Waals surface area contributed by atoms with Crippen LogP contribution in [0.1, 0.15) is 34.2 Å². The minimum Gasteiger partial charge on any atom is -0.628 e. The molecule has 0 aromatic heterocycles. The molecule has 3 aliphatic rings. The molecule has 2 aromatic carbocycles. The first-order valence-corrected chi connectivity index (χ1v) is 14.2. The Labute approximate surface area is 246 Å². The number of nitrogens with zero attached hydrogens (tertiary/aromatic N) is 2. The van der Waals surface area contributed by atoms with E-state index >= 15 is 0 Å². The first-order valence-electron chi connectivity index (χ1n) is 14.2. The Kier molecular flexibility index (Phi) is 9.10. The number of likely N-dealkylation sites (N-methyl/N-ethyl adjacent to an activating group) is 1. The second-order valence-electron chi connectivity index (χ2n) is 11.3. The predicted molar refractivity (Wildman–Crippen MR) is 149 cm³/mol. The van der Waals surface area contributed by atoms with Gasteiger partial charge in [0.1, 0.15) is 11.7 Å². The van der Waals surface area contributed by atoms with Crippen molar-refractivity contribution in [2.75, 3.05) is 46.4 Å². The number of ether oxygens (including phenoxy) is 1. The van der Waals surface area contributed by atoms with Crippen molar-refractivity contribution < 1.29 is 36.1 Å². The van der Waals surface area contributed by atoms with E-state index in [9.17, 15) is 31.5 Å². The number of hydroxylamine groups is 2. The van der Waals surface area contributed by atoms with Crippen molar-refractivity contribution in [3.8, 4) is 0 Å². The van der Waals surface area contributed by atoms with Gasteiger partial charge in [-0.1, -0.05) is 18.2 Å². The molecule has 7 nitrogen and oxygen atoms in total. The number of rotatable bonds is 4. The molecule has 0 saturated carbocycles. The highest BCUT2D eigenvalue weighted by atomic mass is 19.4. The van der Waals surface area contributed by atoms with Gasteiger partial charge in [-0.05, 0) is 62.3 Å². The Bertz CT molecular complexity index is 1340. The molecular formula is C30H35F6N5O2. The summed E-state index contributed by atoms with van der Waals surface area (Å²) in [5, 5.41) is 20.4. The lowest BCUT2D eigenvalue weighted by Gasteiger charge is -2.41. The van der Waals surface area contributed by atoms with Crippen molar-refractivity contribution in [1.29, 1.82) is 0 Å². The van der Waals surface area contributed by atoms with Crippen molar-refractivity contribution >= 4 is 5.70 Å². The van der Waals surface area contributed by atoms with E-state index in [0.717, 1.165) is 31.6 Å². The van der Waals surface area contributed by atoms with Gasteiger partial charge in [-0.3, -0.25) is 10.2 Å². The molecule has 3 N–H and O–H groups in total. The zero-order chi connectivity index (χ0) is 30.9. The smallest absolute Gasteiger partial charge is 0.416 e. The lowest BCUT2D eigenvalue weighted by molar-refractivity contribution is -0.793. The van der Waals surface area contributed by atoms with Crippen LogP contribution in [0.5, 0.6) is 0 Å². The van der Waals surface area contributed by atoms with E-state index in [0.29, 0.717) is 48.1 Å². The van der Waals surface area contributed by atoms with Gasteiger partial charge in [-0.15, -0.1) is 0 Å². The van der Waals surface area contributed by atoms with Crippen molar-refractivity contribution in [3.63, 3.8) is 0 Å². The third kappa shape index (κ3) is 7.18. The van der Waals surface area contributed by atoms with Crippen molar-refractivity contribution in [1.82, 2.24) is 20.4 Å². The van der Waals surface area contributed by atoms with Crippen LogP contribution in [0.15, 0.2) is 60.0 Å². The molecule has 1 fully saturated rings. The van der Waals surface area contributed by atoms with Gasteiger partial charge in [0.2, 0.25) is 0 Å². The van der Waals surface area contributed by atoms with Gasteiger partial charge in [0.15, 0.2) is 12.1 Å². The summed E-state index contributed by atoms with van der Waals surface area (Å²) >= 11 is 0. The molecule has 0 spiro atoms. The summed E-state index contributed by atoms with van der Waals surface area (Å²) in [7, 11) is 2.04. The van der Waals surface area contributed by atoms with Crippen LogP contribution in [0.25, 0.3) is 5.70 Å². The first-order chi connectivity index (χ1) is 20.3. The summed E-state index contributed by atoms with van der Waals surface area (Å²) in [6.07, 6.45) is -8.35. The molecule has 1 saturated heterocycles. The SMILES string of the molecule is Cc1ccccc1/C1=C/C(N2CCCN(C)CC2)OC2=C(CNCN2)C(Cc2cc(C(F)(F)F)cc(C(F)(F)F)c2)[NH+]1[O-]. The van der Waals surface area contributed by atoms with E-state index in [1.54, 1.807) is 18.2 Å². The van der Waals surface area contributed by atoms with E-state index in [1.807, 2.05) is 26.1 Å². The lowest BCUT2D eigenvalue weighted by atomic mass is 9.93. The summed E-state index contributed by atoms with van der Waals surface area (Å²) < 4.78 is 88.6. The minimum atomic E-state index is -5.00. The van der Waals surface area contributed by atoms with Crippen LogP contribution >= 0.6 is 0 Å². The number of aryl methyl sites for hydroxylation is 1. The minimum absolute atomic E-state index is 0.100. The summed E-state index contributed by atoms with van der Waals surface area (Å²) in [4.78, 5) is 4.36. The van der Waals surface area contributed by atoms with Gasteiger partial charge in [0.25, 0.3) is 0 Å². The standard InChI is InChI=1S/C30H35F6N5O2/c1-19-6-3-4-7-23(19)26-16-27(40-9-5-8-39(2)10-11-40)43-28-24(17-37-18-38-28)25(41(26)42)14-20-12-21(29(31,32)33)15-22(13-20)30(34,35)36/h3-4,6-7,12-13,15-16,25,27,37-38,41H,5,8-11,14,17-18H2,1-2H3/b26-16-. The fraction of sp³-hybridized carbons (Fsp3) is 0.467. The highest BCUT2D eigenvalue weighted by molar-refractivity contribution is 5.62. The van der Waals surface area contributed by atoms with E-state index in [-0.39, 0.29) is 24.6 Å². The maximum absolute atomic E-state index is 14.5. The maximum atomic E-state index is 14.5. The van der Waals surface area contributed by atoms with Gasteiger partial charge in [-0.25, -0.2) is 0 Å². The molecule has 3 atom stereocenters. The Morgan fingerprint density at radius 2 is 1.67 bits per heavy atom. The molecule has 0 bridgehead atoms. The fourth-order valence-electron chi connectivity index (χ4n) is 5.85. The average Bonchev–Trinajstić information content (AvgIpc) is 3.17. The summed E-state index contributed by atoms with van der Waals surface area (Å²) in [5.41, 5.74) is -0.843. The van der Waals surface area contributed by atoms with Crippen LogP contribution in [0, 0.1) is 12.1 Å². The van der Waals surface area contributed by atoms with E-state index in [4.69, 9.17) is 4.74 Å². The summed E-state index contributed by atoms with van der Waals surface area (Å²) in [6, 6.07) is 7.68. The van der Waals surface area contributed by atoms with Crippen LogP contribution in [0.2, 0.25) is 0 Å². The monoisotopic (exact) mass is 611 g/mol. The molecule has 5 rings (SSSR count). The maximum Gasteiger partial charge on any atom is 0.416 e. The van der Waals surface area contributed by atoms with Crippen molar-refractivity contribution in [3.05, 3.63) is 93.0 Å². The second kappa shape index (κ2) is 12.5. The van der Waals surface area contributed by atoms with E-state index in [2.05, 4.69) is 20.4 Å². The van der Waals surface area contributed by atoms with Gasteiger partial charge in [0.05, 0.1) is 23.4 Å². The number of quaternary nitrogens is 1. The Morgan fingerprint density at radius 1 is 0.977 bits per heavy atom. The van der Waals surface area contributed by atoms with Gasteiger partial charge < -0.3 is 25.2 Å². The second-order valence-corrected chi connectivity index (χ2v) is 11.3. The van der Waals surface area contributed by atoms with Crippen LogP contribution < -0.4 is 15.7 Å². The molecule has 3 aliphatic heterocycles. The number of nitrogens with one attached hydrogen (secondary N) is 3. The number of hydrogen-bond acceptors (Lipinski definition) is 6. The van der Waals surface area contributed by atoms with Gasteiger partial charge in [-0.2, -0.15) is 26.3 Å². The molecule has 3 unspecified atom stereocenters. The Hall–Kier alpha value is -3.10. The van der Waals surface area contributed by atoms with Crippen LogP contribution in [0.3, 0.4) is 0 Å². The first kappa shape index (κ1) is 31.3. The highest BCUT2D eigenvalue weighted by Gasteiger charge is 2.39. The Balaban J connectivity index is 1.62. The summed E-state index contributed by atoms with van der Waals surface area (Å²) in [5.74, 6) is 0.322. The average molecular weight is 612 g/mol. The third-order valence-corrected chi connectivity index (χ3v) is 8.17. The van der Waals surface area contributed by atoms with Crippen molar-refractivity contribution in [2.24, 2.45) is 0 Å². The van der Waals surface area contributed by atoms with Gasteiger partial charge >= 0.3 is 12.4 Å². The van der Waals surface area contributed by atoms with E-state index < -0.39 is 40.8 Å². The number of halogens is 6. The fourth-order valence-corrected chi connectivity index (χ4v) is 5.85. The zero-order valence-electron chi connectivity index (χ0n) is 23.9. The molecule has 13 heteroatoms. The molecule has 2 aromatic rings. The molecule has 3 heterocycles. The third-order valence-electron chi connectivity index (χ3n) is 8.17. The molecule has 234 valence electrons. The predicted octanol–water partition coefficient (Wildman–Crippen LogP) is 3.72. The molecular weight excluding hydrogens is 576 g/mol. The van der Waals surface area contributed by atoms with Gasteiger partial charge in [0, 0.05) is 44.2 Å². The number of benzene rings is 2. The van der Waals surface area contributed by atoms with Crippen LogP contribution in [-0.2, 0) is 23.5 Å². The summed E-state index contributed by atoms with van der Waals surface area (Å²) in [6.45, 7) is 5.46. The van der Waals surface area contributed by atoms with E-state index in [1.165, 1.54) is 0 Å². The lowest BCUT2D eigenvalue weighted by Crippen LogP contribution is -3.09. The molecule has 0 amide bonds. The highest BCUT2D eigenvalue weighted by Crippen LogP contribution is 2.37. The number of hydrogen-bond donors (Lipinski definition) is 3. The quantitative estimate of drug-likeness (QED) is 0.362. The Morgan fingerprint density at radius 3 is 2.35 bits per heavy atom. The zero-order valence-corrected chi connectivity index (χ0v) is 23.9. The van der Waals surface area contributed by atoms with Crippen molar-refractivity contribution in [2.45, 2.75) is 44.4 Å². The largest absolute Gasteiger partial charge is 0.628 e. The molecule has 0 radical (unpaired) electrons. The number of alkyl halides is 6. The molecule has 43 heavy (non-hydrogen) atoms.